The summed E-state index contributed by atoms with van der Waals surface area (Å²) in [6.07, 6.45) is 4.88. The van der Waals surface area contributed by atoms with Crippen LogP contribution in [0.2, 0.25) is 0 Å². The van der Waals surface area contributed by atoms with Gasteiger partial charge < -0.3 is 14.9 Å². The molecule has 0 unspecified atom stereocenters. The monoisotopic (exact) mass is 272 g/mol. The molecule has 1 saturated heterocycles. The maximum Gasteiger partial charge on any atom is 0.0900 e. The number of ether oxygens (including phenoxy) is 1. The van der Waals surface area contributed by atoms with E-state index in [-0.39, 0.29) is 12.7 Å². The SMILES string of the molecule is OCCN1CCN(C[C@H](O)COC2CCCC2)CC1. The fourth-order valence-electron chi connectivity index (χ4n) is 2.99. The Bertz CT molecular complexity index is 239. The highest BCUT2D eigenvalue weighted by atomic mass is 16.5. The van der Waals surface area contributed by atoms with Crippen LogP contribution in [-0.4, -0.2) is 84.7 Å². The highest BCUT2D eigenvalue weighted by Crippen LogP contribution is 2.20. The second-order valence-electron chi connectivity index (χ2n) is 5.76. The summed E-state index contributed by atoms with van der Waals surface area (Å²) in [5.41, 5.74) is 0. The van der Waals surface area contributed by atoms with E-state index in [9.17, 15) is 5.11 Å². The largest absolute Gasteiger partial charge is 0.395 e. The Balaban J connectivity index is 1.56. The van der Waals surface area contributed by atoms with Gasteiger partial charge in [-0.3, -0.25) is 9.80 Å². The molecule has 0 amide bonds. The van der Waals surface area contributed by atoms with Gasteiger partial charge in [0.2, 0.25) is 0 Å². The third-order valence-corrected chi connectivity index (χ3v) is 4.18. The number of aliphatic hydroxyl groups excluding tert-OH is 2. The lowest BCUT2D eigenvalue weighted by molar-refractivity contribution is -0.0237. The number of hydrogen-bond donors (Lipinski definition) is 2. The molecule has 1 heterocycles. The summed E-state index contributed by atoms with van der Waals surface area (Å²) >= 11 is 0. The van der Waals surface area contributed by atoms with Gasteiger partial charge >= 0.3 is 0 Å². The molecular weight excluding hydrogens is 244 g/mol. The summed E-state index contributed by atoms with van der Waals surface area (Å²) in [5.74, 6) is 0. The average Bonchev–Trinajstić information content (AvgIpc) is 2.92. The van der Waals surface area contributed by atoms with Crippen LogP contribution >= 0.6 is 0 Å². The maximum atomic E-state index is 10.0. The molecule has 0 radical (unpaired) electrons. The standard InChI is InChI=1S/C14H28N2O3/c17-10-9-15-5-7-16(8-6-15)11-13(18)12-19-14-3-1-2-4-14/h13-14,17-18H,1-12H2/t13-/m0/s1. The summed E-state index contributed by atoms with van der Waals surface area (Å²) in [6.45, 7) is 6.09. The molecule has 112 valence electrons. The zero-order valence-corrected chi connectivity index (χ0v) is 11.8. The summed E-state index contributed by atoms with van der Waals surface area (Å²) < 4.78 is 5.75. The second kappa shape index (κ2) is 8.17. The van der Waals surface area contributed by atoms with E-state index in [1.165, 1.54) is 12.8 Å². The predicted molar refractivity (Wildman–Crippen MR) is 74.2 cm³/mol. The van der Waals surface area contributed by atoms with E-state index < -0.39 is 0 Å². The van der Waals surface area contributed by atoms with Crippen molar-refractivity contribution in [2.45, 2.75) is 37.9 Å². The number of β-amino-alcohol motifs (C(OH)–C–C–N with tert-alkyl or cyclic N) is 2. The van der Waals surface area contributed by atoms with E-state index in [2.05, 4.69) is 9.80 Å². The fourth-order valence-corrected chi connectivity index (χ4v) is 2.99. The number of aliphatic hydroxyl groups is 2. The van der Waals surface area contributed by atoms with E-state index >= 15 is 0 Å². The molecule has 1 atom stereocenters. The van der Waals surface area contributed by atoms with E-state index in [1.54, 1.807) is 0 Å². The van der Waals surface area contributed by atoms with Crippen molar-refractivity contribution in [3.8, 4) is 0 Å². The van der Waals surface area contributed by atoms with Gasteiger partial charge in [-0.1, -0.05) is 12.8 Å². The molecule has 19 heavy (non-hydrogen) atoms. The van der Waals surface area contributed by atoms with Crippen LogP contribution < -0.4 is 0 Å². The van der Waals surface area contributed by atoms with E-state index in [4.69, 9.17) is 9.84 Å². The van der Waals surface area contributed by atoms with Gasteiger partial charge in [-0.2, -0.15) is 0 Å². The summed E-state index contributed by atoms with van der Waals surface area (Å²) in [5, 5.41) is 18.9. The van der Waals surface area contributed by atoms with Crippen molar-refractivity contribution in [1.29, 1.82) is 0 Å². The van der Waals surface area contributed by atoms with Gasteiger partial charge in [0.25, 0.3) is 0 Å². The molecule has 0 aromatic rings. The fraction of sp³-hybridized carbons (Fsp3) is 1.00. The molecule has 0 aromatic carbocycles. The number of rotatable bonds is 7. The molecule has 2 N–H and O–H groups in total. The minimum Gasteiger partial charge on any atom is -0.395 e. The summed E-state index contributed by atoms with van der Waals surface area (Å²) in [7, 11) is 0. The Hall–Kier alpha value is -0.200. The lowest BCUT2D eigenvalue weighted by Crippen LogP contribution is -2.49. The molecule has 1 aliphatic heterocycles. The molecule has 2 fully saturated rings. The van der Waals surface area contributed by atoms with Gasteiger partial charge in [0.05, 0.1) is 25.4 Å². The normalized spacial score (nSPS) is 24.9. The van der Waals surface area contributed by atoms with E-state index in [0.717, 1.165) is 45.6 Å². The van der Waals surface area contributed by atoms with Crippen LogP contribution in [0.5, 0.6) is 0 Å². The molecule has 5 nitrogen and oxygen atoms in total. The molecule has 2 aliphatic rings. The molecule has 0 bridgehead atoms. The first-order valence-corrected chi connectivity index (χ1v) is 7.63. The van der Waals surface area contributed by atoms with Crippen molar-refractivity contribution in [3.05, 3.63) is 0 Å². The summed E-state index contributed by atoms with van der Waals surface area (Å²) in [6, 6.07) is 0. The number of hydrogen-bond acceptors (Lipinski definition) is 5. The van der Waals surface area contributed by atoms with Crippen LogP contribution in [-0.2, 0) is 4.74 Å². The third kappa shape index (κ3) is 5.36. The average molecular weight is 272 g/mol. The zero-order chi connectivity index (χ0) is 13.5. The molecule has 5 heteroatoms. The first kappa shape index (κ1) is 15.2. The maximum absolute atomic E-state index is 10.0. The lowest BCUT2D eigenvalue weighted by atomic mass is 10.2. The van der Waals surface area contributed by atoms with E-state index in [0.29, 0.717) is 19.3 Å². The quantitative estimate of drug-likeness (QED) is 0.679. The van der Waals surface area contributed by atoms with Crippen molar-refractivity contribution in [3.63, 3.8) is 0 Å². The predicted octanol–water partition coefficient (Wildman–Crippen LogP) is -0.0836. The number of piperazine rings is 1. The van der Waals surface area contributed by atoms with Crippen LogP contribution in [0.15, 0.2) is 0 Å². The third-order valence-electron chi connectivity index (χ3n) is 4.18. The molecule has 1 saturated carbocycles. The van der Waals surface area contributed by atoms with Crippen LogP contribution in [0, 0.1) is 0 Å². The zero-order valence-electron chi connectivity index (χ0n) is 11.8. The Kier molecular flexibility index (Phi) is 6.53. The molecule has 1 aliphatic carbocycles. The van der Waals surface area contributed by atoms with Gasteiger partial charge in [-0.05, 0) is 12.8 Å². The Morgan fingerprint density at radius 1 is 1.05 bits per heavy atom. The topological polar surface area (TPSA) is 56.2 Å². The first-order valence-electron chi connectivity index (χ1n) is 7.63. The van der Waals surface area contributed by atoms with Crippen molar-refractivity contribution < 1.29 is 14.9 Å². The Morgan fingerprint density at radius 3 is 2.32 bits per heavy atom. The van der Waals surface area contributed by atoms with Gasteiger partial charge in [-0.15, -0.1) is 0 Å². The molecule has 0 spiro atoms. The Morgan fingerprint density at radius 2 is 1.68 bits per heavy atom. The van der Waals surface area contributed by atoms with Gasteiger partial charge in [0.15, 0.2) is 0 Å². The first-order chi connectivity index (χ1) is 9.28. The molecule has 0 aromatic heterocycles. The van der Waals surface area contributed by atoms with Crippen LogP contribution in [0.3, 0.4) is 0 Å². The van der Waals surface area contributed by atoms with Crippen LogP contribution in [0.25, 0.3) is 0 Å². The smallest absolute Gasteiger partial charge is 0.0900 e. The molecular formula is C14H28N2O3. The van der Waals surface area contributed by atoms with Gasteiger partial charge in [0.1, 0.15) is 0 Å². The highest BCUT2D eigenvalue weighted by Gasteiger charge is 2.21. The van der Waals surface area contributed by atoms with E-state index in [1.807, 2.05) is 0 Å². The van der Waals surface area contributed by atoms with Gasteiger partial charge in [-0.25, -0.2) is 0 Å². The van der Waals surface area contributed by atoms with Crippen molar-refractivity contribution >= 4 is 0 Å². The van der Waals surface area contributed by atoms with Crippen molar-refractivity contribution in [2.24, 2.45) is 0 Å². The lowest BCUT2D eigenvalue weighted by Gasteiger charge is -2.35. The van der Waals surface area contributed by atoms with Crippen molar-refractivity contribution in [1.82, 2.24) is 9.80 Å². The molecule has 2 rings (SSSR count). The minimum atomic E-state index is -0.370. The number of nitrogens with zero attached hydrogens (tertiary/aromatic N) is 2. The minimum absolute atomic E-state index is 0.234. The summed E-state index contributed by atoms with van der Waals surface area (Å²) in [4.78, 5) is 4.55. The van der Waals surface area contributed by atoms with Crippen LogP contribution in [0.4, 0.5) is 0 Å². The Labute approximate surface area is 116 Å². The van der Waals surface area contributed by atoms with Gasteiger partial charge in [0, 0.05) is 39.3 Å². The second-order valence-corrected chi connectivity index (χ2v) is 5.76. The van der Waals surface area contributed by atoms with Crippen LogP contribution in [0.1, 0.15) is 25.7 Å². The highest BCUT2D eigenvalue weighted by molar-refractivity contribution is 4.74. The van der Waals surface area contributed by atoms with Crippen molar-refractivity contribution in [2.75, 3.05) is 52.5 Å².